The van der Waals surface area contributed by atoms with Gasteiger partial charge < -0.3 is 4.42 Å². The lowest BCUT2D eigenvalue weighted by Crippen LogP contribution is -2.24. The van der Waals surface area contributed by atoms with Gasteiger partial charge in [-0.25, -0.2) is 22.5 Å². The van der Waals surface area contributed by atoms with E-state index in [0.29, 0.717) is 11.3 Å². The van der Waals surface area contributed by atoms with E-state index in [2.05, 4.69) is 9.71 Å². The Labute approximate surface area is 110 Å². The van der Waals surface area contributed by atoms with Crippen LogP contribution in [0.25, 0.3) is 0 Å². The first-order valence-electron chi connectivity index (χ1n) is 5.55. The average Bonchev–Trinajstić information content (AvgIpc) is 2.72. The number of nitrogens with one attached hydrogen (secondary N) is 1. The van der Waals surface area contributed by atoms with E-state index in [1.54, 1.807) is 6.92 Å². The number of hydrogen-bond acceptors (Lipinski definition) is 4. The Hall–Kier alpha value is -1.73. The summed E-state index contributed by atoms with van der Waals surface area (Å²) in [5.74, 6) is 0.410. The first kappa shape index (κ1) is 13.7. The largest absolute Gasteiger partial charge is 0.445 e. The van der Waals surface area contributed by atoms with Crippen LogP contribution in [-0.4, -0.2) is 13.4 Å². The molecular formula is C12H13FN2O3S. The summed E-state index contributed by atoms with van der Waals surface area (Å²) in [6.45, 7) is 3.20. The van der Waals surface area contributed by atoms with E-state index in [0.717, 1.165) is 6.07 Å². The van der Waals surface area contributed by atoms with Crippen molar-refractivity contribution < 1.29 is 17.2 Å². The zero-order valence-electron chi connectivity index (χ0n) is 10.5. The standard InChI is InChI=1S/C12H13FN2O3S/c1-8-5-10(13)3-4-11(8)19(16,17)15-7-12-14-6-9(2)18-12/h3-6,15H,7H2,1-2H3. The highest BCUT2D eigenvalue weighted by Crippen LogP contribution is 2.16. The van der Waals surface area contributed by atoms with E-state index in [1.165, 1.54) is 25.3 Å². The van der Waals surface area contributed by atoms with E-state index in [-0.39, 0.29) is 17.3 Å². The molecule has 7 heteroatoms. The predicted molar refractivity (Wildman–Crippen MR) is 66.4 cm³/mol. The van der Waals surface area contributed by atoms with Gasteiger partial charge in [0.2, 0.25) is 15.9 Å². The number of oxazole rings is 1. The van der Waals surface area contributed by atoms with E-state index in [9.17, 15) is 12.8 Å². The summed E-state index contributed by atoms with van der Waals surface area (Å²) in [7, 11) is -3.71. The Morgan fingerprint density at radius 1 is 1.37 bits per heavy atom. The molecule has 0 aliphatic rings. The molecule has 0 saturated heterocycles. The maximum atomic E-state index is 12.9. The van der Waals surface area contributed by atoms with Gasteiger partial charge >= 0.3 is 0 Å². The Kier molecular flexibility index (Phi) is 3.68. The third-order valence-electron chi connectivity index (χ3n) is 2.51. The molecule has 0 unspecified atom stereocenters. The summed E-state index contributed by atoms with van der Waals surface area (Å²) in [6.07, 6.45) is 1.51. The summed E-state index contributed by atoms with van der Waals surface area (Å²) in [4.78, 5) is 3.93. The molecule has 2 aromatic rings. The minimum absolute atomic E-state index is 0.0391. The predicted octanol–water partition coefficient (Wildman–Crippen LogP) is 1.91. The van der Waals surface area contributed by atoms with Gasteiger partial charge in [0.25, 0.3) is 0 Å². The van der Waals surface area contributed by atoms with Crippen LogP contribution in [0.5, 0.6) is 0 Å². The van der Waals surface area contributed by atoms with Crippen molar-refractivity contribution in [2.75, 3.05) is 0 Å². The van der Waals surface area contributed by atoms with Crippen LogP contribution in [0.4, 0.5) is 4.39 Å². The molecule has 0 saturated carbocycles. The molecule has 0 fully saturated rings. The highest BCUT2D eigenvalue weighted by Gasteiger charge is 2.17. The van der Waals surface area contributed by atoms with Gasteiger partial charge in [-0.1, -0.05) is 0 Å². The van der Waals surface area contributed by atoms with Crippen LogP contribution in [0.3, 0.4) is 0 Å². The van der Waals surface area contributed by atoms with Crippen LogP contribution in [-0.2, 0) is 16.6 Å². The van der Waals surface area contributed by atoms with Gasteiger partial charge in [-0.05, 0) is 37.6 Å². The fourth-order valence-corrected chi connectivity index (χ4v) is 2.83. The number of aromatic nitrogens is 1. The molecule has 2 rings (SSSR count). The zero-order valence-corrected chi connectivity index (χ0v) is 11.3. The minimum atomic E-state index is -3.71. The van der Waals surface area contributed by atoms with Gasteiger partial charge in [0.05, 0.1) is 17.6 Å². The molecule has 0 spiro atoms. The third kappa shape index (κ3) is 3.18. The Morgan fingerprint density at radius 3 is 2.68 bits per heavy atom. The van der Waals surface area contributed by atoms with Crippen molar-refractivity contribution in [2.24, 2.45) is 0 Å². The van der Waals surface area contributed by atoms with E-state index < -0.39 is 15.8 Å². The van der Waals surface area contributed by atoms with E-state index in [4.69, 9.17) is 4.42 Å². The van der Waals surface area contributed by atoms with E-state index in [1.807, 2.05) is 0 Å². The summed E-state index contributed by atoms with van der Waals surface area (Å²) < 4.78 is 44.6. The maximum Gasteiger partial charge on any atom is 0.241 e. The third-order valence-corrected chi connectivity index (χ3v) is 4.07. The second kappa shape index (κ2) is 5.10. The van der Waals surface area contributed by atoms with Crippen LogP contribution in [0.2, 0.25) is 0 Å². The summed E-state index contributed by atoms with van der Waals surface area (Å²) in [5.41, 5.74) is 0.344. The smallest absolute Gasteiger partial charge is 0.241 e. The molecule has 1 aromatic heterocycles. The maximum absolute atomic E-state index is 12.9. The number of benzene rings is 1. The topological polar surface area (TPSA) is 72.2 Å². The second-order valence-electron chi connectivity index (χ2n) is 4.10. The molecule has 0 bridgehead atoms. The summed E-state index contributed by atoms with van der Waals surface area (Å²) in [5, 5.41) is 0. The number of sulfonamides is 1. The van der Waals surface area contributed by atoms with Gasteiger partial charge in [0.15, 0.2) is 0 Å². The monoisotopic (exact) mass is 284 g/mol. The Morgan fingerprint density at radius 2 is 2.11 bits per heavy atom. The zero-order chi connectivity index (χ0) is 14.0. The van der Waals surface area contributed by atoms with Crippen molar-refractivity contribution in [3.8, 4) is 0 Å². The lowest BCUT2D eigenvalue weighted by atomic mass is 10.2. The fraction of sp³-hybridized carbons (Fsp3) is 0.250. The number of rotatable bonds is 4. The molecule has 102 valence electrons. The SMILES string of the molecule is Cc1cnc(CNS(=O)(=O)c2ccc(F)cc2C)o1. The average molecular weight is 284 g/mol. The highest BCUT2D eigenvalue weighted by atomic mass is 32.2. The van der Waals surface area contributed by atoms with Crippen LogP contribution in [0.1, 0.15) is 17.2 Å². The highest BCUT2D eigenvalue weighted by molar-refractivity contribution is 7.89. The molecule has 0 radical (unpaired) electrons. The van der Waals surface area contributed by atoms with Crippen LogP contribution in [0.15, 0.2) is 33.7 Å². The number of halogens is 1. The lowest BCUT2D eigenvalue weighted by Gasteiger charge is -2.07. The van der Waals surface area contributed by atoms with Crippen molar-refractivity contribution in [1.29, 1.82) is 0 Å². The van der Waals surface area contributed by atoms with Crippen molar-refractivity contribution in [1.82, 2.24) is 9.71 Å². The van der Waals surface area contributed by atoms with Crippen LogP contribution < -0.4 is 4.72 Å². The Bertz CT molecular complexity index is 695. The molecule has 1 heterocycles. The van der Waals surface area contributed by atoms with Gasteiger partial charge in [-0.3, -0.25) is 0 Å². The van der Waals surface area contributed by atoms with Crippen LogP contribution >= 0.6 is 0 Å². The summed E-state index contributed by atoms with van der Waals surface area (Å²) >= 11 is 0. The quantitative estimate of drug-likeness (QED) is 0.931. The molecular weight excluding hydrogens is 271 g/mol. The molecule has 0 aliphatic heterocycles. The van der Waals surface area contributed by atoms with Crippen molar-refractivity contribution in [2.45, 2.75) is 25.3 Å². The molecule has 1 N–H and O–H groups in total. The number of nitrogens with zero attached hydrogens (tertiary/aromatic N) is 1. The summed E-state index contributed by atoms with van der Waals surface area (Å²) in [6, 6.07) is 3.51. The van der Waals surface area contributed by atoms with Gasteiger partial charge in [-0.2, -0.15) is 0 Å². The fourth-order valence-electron chi connectivity index (χ4n) is 1.63. The number of aryl methyl sites for hydroxylation is 2. The molecule has 0 aliphatic carbocycles. The molecule has 1 aromatic carbocycles. The van der Waals surface area contributed by atoms with Gasteiger partial charge in [0, 0.05) is 0 Å². The lowest BCUT2D eigenvalue weighted by molar-refractivity contribution is 0.463. The first-order valence-corrected chi connectivity index (χ1v) is 7.04. The normalized spacial score (nSPS) is 11.7. The van der Waals surface area contributed by atoms with Crippen molar-refractivity contribution >= 4 is 10.0 Å². The van der Waals surface area contributed by atoms with E-state index >= 15 is 0 Å². The number of hydrogen-bond donors (Lipinski definition) is 1. The van der Waals surface area contributed by atoms with Crippen molar-refractivity contribution in [3.63, 3.8) is 0 Å². The van der Waals surface area contributed by atoms with Crippen LogP contribution in [0, 0.1) is 19.7 Å². The van der Waals surface area contributed by atoms with Crippen molar-refractivity contribution in [3.05, 3.63) is 47.4 Å². The van der Waals surface area contributed by atoms with Gasteiger partial charge in [0.1, 0.15) is 11.6 Å². The second-order valence-corrected chi connectivity index (χ2v) is 5.83. The molecule has 0 amide bonds. The van der Waals surface area contributed by atoms with Gasteiger partial charge in [-0.15, -0.1) is 0 Å². The Balaban J connectivity index is 2.18. The minimum Gasteiger partial charge on any atom is -0.445 e. The molecule has 5 nitrogen and oxygen atoms in total. The molecule has 19 heavy (non-hydrogen) atoms. The first-order chi connectivity index (χ1) is 8.88. The molecule has 0 atom stereocenters.